The van der Waals surface area contributed by atoms with E-state index in [-0.39, 0.29) is 5.72 Å². The first-order chi connectivity index (χ1) is 7.03. The summed E-state index contributed by atoms with van der Waals surface area (Å²) in [6.07, 6.45) is 2.56. The monoisotopic (exact) mass is 212 g/mol. The zero-order chi connectivity index (χ0) is 11.1. The molecule has 0 saturated carbocycles. The highest BCUT2D eigenvalue weighted by Crippen LogP contribution is 2.32. The molecule has 3 unspecified atom stereocenters. The maximum atomic E-state index is 5.96. The second-order valence-corrected chi connectivity index (χ2v) is 5.45. The van der Waals surface area contributed by atoms with Gasteiger partial charge in [-0.15, -0.1) is 0 Å². The molecular formula is C12H24N2O. The Hall–Kier alpha value is -0.120. The predicted octanol–water partition coefficient (Wildman–Crippen LogP) is 1.58. The number of hydrogen-bond acceptors (Lipinski definition) is 3. The fraction of sp³-hybridized carbons (Fsp3) is 1.00. The van der Waals surface area contributed by atoms with Crippen molar-refractivity contribution >= 4 is 0 Å². The van der Waals surface area contributed by atoms with Gasteiger partial charge in [0, 0.05) is 12.1 Å². The van der Waals surface area contributed by atoms with Crippen LogP contribution in [0.2, 0.25) is 0 Å². The van der Waals surface area contributed by atoms with Crippen molar-refractivity contribution in [2.45, 2.75) is 64.4 Å². The maximum absolute atomic E-state index is 5.96. The molecule has 2 aliphatic heterocycles. The third-order valence-electron chi connectivity index (χ3n) is 3.76. The zero-order valence-electron chi connectivity index (χ0n) is 10.4. The summed E-state index contributed by atoms with van der Waals surface area (Å²) >= 11 is 0. The van der Waals surface area contributed by atoms with Crippen LogP contribution in [0.5, 0.6) is 0 Å². The molecule has 15 heavy (non-hydrogen) atoms. The summed E-state index contributed by atoms with van der Waals surface area (Å²) in [5, 5.41) is 3.59. The van der Waals surface area contributed by atoms with Gasteiger partial charge in [0.05, 0.1) is 12.6 Å². The number of rotatable bonds is 2. The summed E-state index contributed by atoms with van der Waals surface area (Å²) in [5.74, 6) is 0. The van der Waals surface area contributed by atoms with E-state index < -0.39 is 0 Å². The van der Waals surface area contributed by atoms with Crippen LogP contribution < -0.4 is 5.32 Å². The van der Waals surface area contributed by atoms with Crippen LogP contribution in [-0.2, 0) is 4.74 Å². The van der Waals surface area contributed by atoms with Gasteiger partial charge < -0.3 is 4.74 Å². The van der Waals surface area contributed by atoms with Gasteiger partial charge in [0.15, 0.2) is 0 Å². The van der Waals surface area contributed by atoms with Crippen LogP contribution in [0.25, 0.3) is 0 Å². The fourth-order valence-corrected chi connectivity index (χ4v) is 3.06. The summed E-state index contributed by atoms with van der Waals surface area (Å²) in [4.78, 5) is 2.57. The van der Waals surface area contributed by atoms with Crippen LogP contribution in [0.4, 0.5) is 0 Å². The Morgan fingerprint density at radius 2 is 2.20 bits per heavy atom. The first-order valence-electron chi connectivity index (χ1n) is 6.20. The van der Waals surface area contributed by atoms with Gasteiger partial charge in [0.25, 0.3) is 0 Å². The first kappa shape index (κ1) is 11.4. The van der Waals surface area contributed by atoms with Crippen molar-refractivity contribution in [3.05, 3.63) is 0 Å². The molecule has 0 aliphatic carbocycles. The molecule has 0 radical (unpaired) electrons. The van der Waals surface area contributed by atoms with E-state index in [1.807, 2.05) is 0 Å². The molecule has 2 heterocycles. The Morgan fingerprint density at radius 3 is 2.73 bits per heavy atom. The van der Waals surface area contributed by atoms with E-state index in [0.717, 1.165) is 6.61 Å². The van der Waals surface area contributed by atoms with Crippen LogP contribution in [-0.4, -0.2) is 41.9 Å². The number of hydrogen-bond donors (Lipinski definition) is 1. The number of ether oxygens (including phenoxy) is 1. The highest BCUT2D eigenvalue weighted by atomic mass is 16.5. The minimum atomic E-state index is -0.125. The van der Waals surface area contributed by atoms with E-state index in [0.29, 0.717) is 18.1 Å². The van der Waals surface area contributed by atoms with E-state index >= 15 is 0 Å². The topological polar surface area (TPSA) is 24.5 Å². The minimum absolute atomic E-state index is 0.125. The van der Waals surface area contributed by atoms with E-state index in [4.69, 9.17) is 4.74 Å². The zero-order valence-corrected chi connectivity index (χ0v) is 10.4. The van der Waals surface area contributed by atoms with E-state index in [1.54, 1.807) is 0 Å². The SMILES string of the molecule is CC1COC(C)(C2CCCN2C(C)C)N1. The molecule has 0 aromatic carbocycles. The van der Waals surface area contributed by atoms with Gasteiger partial charge >= 0.3 is 0 Å². The lowest BCUT2D eigenvalue weighted by molar-refractivity contribution is -0.0603. The van der Waals surface area contributed by atoms with Crippen molar-refractivity contribution in [1.82, 2.24) is 10.2 Å². The Kier molecular flexibility index (Phi) is 3.06. The molecule has 1 N–H and O–H groups in total. The normalized spacial score (nSPS) is 43.0. The smallest absolute Gasteiger partial charge is 0.132 e. The highest BCUT2D eigenvalue weighted by molar-refractivity contribution is 4.98. The Bertz CT molecular complexity index is 232. The van der Waals surface area contributed by atoms with Gasteiger partial charge in [0.2, 0.25) is 0 Å². The molecule has 0 aromatic heterocycles. The number of nitrogens with zero attached hydrogens (tertiary/aromatic N) is 1. The maximum Gasteiger partial charge on any atom is 0.132 e. The molecule has 3 nitrogen and oxygen atoms in total. The van der Waals surface area contributed by atoms with Crippen LogP contribution in [0, 0.1) is 0 Å². The quantitative estimate of drug-likeness (QED) is 0.752. The molecule has 0 aromatic rings. The van der Waals surface area contributed by atoms with Crippen molar-refractivity contribution in [3.63, 3.8) is 0 Å². The van der Waals surface area contributed by atoms with Crippen LogP contribution >= 0.6 is 0 Å². The molecule has 0 spiro atoms. The van der Waals surface area contributed by atoms with Crippen molar-refractivity contribution in [2.24, 2.45) is 0 Å². The molecular weight excluding hydrogens is 188 g/mol. The van der Waals surface area contributed by atoms with Crippen molar-refractivity contribution in [2.75, 3.05) is 13.2 Å². The summed E-state index contributed by atoms with van der Waals surface area (Å²) in [5.41, 5.74) is -0.125. The molecule has 0 amide bonds. The Morgan fingerprint density at radius 1 is 1.47 bits per heavy atom. The average molecular weight is 212 g/mol. The predicted molar refractivity (Wildman–Crippen MR) is 61.8 cm³/mol. The lowest BCUT2D eigenvalue weighted by Crippen LogP contribution is -2.57. The number of nitrogens with one attached hydrogen (secondary N) is 1. The van der Waals surface area contributed by atoms with Crippen LogP contribution in [0.1, 0.15) is 40.5 Å². The molecule has 2 rings (SSSR count). The minimum Gasteiger partial charge on any atom is -0.358 e. The standard InChI is InChI=1S/C12H24N2O/c1-9(2)14-7-5-6-11(14)12(4)13-10(3)8-15-12/h9-11,13H,5-8H2,1-4H3. The van der Waals surface area contributed by atoms with Crippen LogP contribution in [0.3, 0.4) is 0 Å². The Balaban J connectivity index is 2.09. The van der Waals surface area contributed by atoms with Gasteiger partial charge in [-0.25, -0.2) is 0 Å². The van der Waals surface area contributed by atoms with Gasteiger partial charge in [-0.1, -0.05) is 0 Å². The second kappa shape index (κ2) is 4.04. The molecule has 2 aliphatic rings. The van der Waals surface area contributed by atoms with Gasteiger partial charge in [-0.3, -0.25) is 10.2 Å². The number of likely N-dealkylation sites (tertiary alicyclic amines) is 1. The van der Waals surface area contributed by atoms with Gasteiger partial charge in [0.1, 0.15) is 5.72 Å². The second-order valence-electron chi connectivity index (χ2n) is 5.45. The summed E-state index contributed by atoms with van der Waals surface area (Å²) < 4.78 is 5.96. The van der Waals surface area contributed by atoms with Gasteiger partial charge in [-0.05, 0) is 47.1 Å². The molecule has 3 heteroatoms. The first-order valence-corrected chi connectivity index (χ1v) is 6.20. The largest absolute Gasteiger partial charge is 0.358 e. The molecule has 0 bridgehead atoms. The van der Waals surface area contributed by atoms with E-state index in [9.17, 15) is 0 Å². The van der Waals surface area contributed by atoms with E-state index in [1.165, 1.54) is 19.4 Å². The summed E-state index contributed by atoms with van der Waals surface area (Å²) in [6, 6.07) is 1.66. The molecule has 2 saturated heterocycles. The summed E-state index contributed by atoms with van der Waals surface area (Å²) in [7, 11) is 0. The van der Waals surface area contributed by atoms with Gasteiger partial charge in [-0.2, -0.15) is 0 Å². The molecule has 3 atom stereocenters. The lowest BCUT2D eigenvalue weighted by atomic mass is 10.0. The Labute approximate surface area is 93.2 Å². The van der Waals surface area contributed by atoms with Crippen molar-refractivity contribution in [3.8, 4) is 0 Å². The van der Waals surface area contributed by atoms with Crippen molar-refractivity contribution < 1.29 is 4.74 Å². The molecule has 2 fully saturated rings. The van der Waals surface area contributed by atoms with Crippen LogP contribution in [0.15, 0.2) is 0 Å². The molecule has 88 valence electrons. The third-order valence-corrected chi connectivity index (χ3v) is 3.76. The average Bonchev–Trinajstić information content (AvgIpc) is 2.72. The lowest BCUT2D eigenvalue weighted by Gasteiger charge is -2.39. The van der Waals surface area contributed by atoms with Crippen molar-refractivity contribution in [1.29, 1.82) is 0 Å². The highest BCUT2D eigenvalue weighted by Gasteiger charge is 2.46. The summed E-state index contributed by atoms with van der Waals surface area (Å²) in [6.45, 7) is 11.0. The fourth-order valence-electron chi connectivity index (χ4n) is 3.06. The third kappa shape index (κ3) is 2.05. The van der Waals surface area contributed by atoms with E-state index in [2.05, 4.69) is 37.9 Å².